The van der Waals surface area contributed by atoms with E-state index in [9.17, 15) is 9.90 Å². The summed E-state index contributed by atoms with van der Waals surface area (Å²) in [4.78, 5) is 15.7. The molecule has 2 amide bonds. The molecule has 3 rings (SSSR count). The van der Waals surface area contributed by atoms with Crippen LogP contribution in [0.5, 0.6) is 0 Å². The molecule has 0 radical (unpaired) electrons. The molecule has 5 nitrogen and oxygen atoms in total. The first-order chi connectivity index (χ1) is 11.7. The van der Waals surface area contributed by atoms with Crippen LogP contribution in [0.25, 0.3) is 10.4 Å². The number of hydrogen-bond donors (Lipinski definition) is 2. The molecule has 0 aliphatic carbocycles. The van der Waals surface area contributed by atoms with Gasteiger partial charge in [0.15, 0.2) is 0 Å². The minimum Gasteiger partial charge on any atom is -0.394 e. The van der Waals surface area contributed by atoms with Crippen LogP contribution in [0.4, 0.5) is 4.79 Å². The molecule has 1 saturated heterocycles. The lowest BCUT2D eigenvalue weighted by Crippen LogP contribution is -2.43. The molecule has 1 fully saturated rings. The summed E-state index contributed by atoms with van der Waals surface area (Å²) in [5.41, 5.74) is 2.05. The summed E-state index contributed by atoms with van der Waals surface area (Å²) >= 11 is 1.46. The molecule has 1 aromatic heterocycles. The Morgan fingerprint density at radius 1 is 1.42 bits per heavy atom. The number of benzene rings is 1. The monoisotopic (exact) mass is 341 g/mol. The van der Waals surface area contributed by atoms with Crippen LogP contribution in [0.1, 0.15) is 23.3 Å². The highest BCUT2D eigenvalue weighted by molar-refractivity contribution is 7.16. The van der Waals surface area contributed by atoms with E-state index >= 15 is 0 Å². The Morgan fingerprint density at radius 2 is 2.29 bits per heavy atom. The van der Waals surface area contributed by atoms with E-state index in [-0.39, 0.29) is 18.7 Å². The maximum atomic E-state index is 12.3. The molecule has 1 aliphatic rings. The van der Waals surface area contributed by atoms with Crippen molar-refractivity contribution in [2.24, 2.45) is 0 Å². The van der Waals surface area contributed by atoms with E-state index in [0.29, 0.717) is 18.0 Å². The minimum atomic E-state index is -0.125. The Morgan fingerprint density at radius 3 is 3.04 bits per heavy atom. The number of aliphatic hydroxyl groups excluding tert-OH is 1. The van der Waals surface area contributed by atoms with Crippen LogP contribution in [0.3, 0.4) is 0 Å². The first kappa shape index (κ1) is 16.5. The Bertz CT molecular complexity index is 766. The van der Waals surface area contributed by atoms with Gasteiger partial charge in [0.2, 0.25) is 0 Å². The van der Waals surface area contributed by atoms with Gasteiger partial charge in [-0.25, -0.2) is 4.79 Å². The average molecular weight is 341 g/mol. The van der Waals surface area contributed by atoms with Crippen LogP contribution in [-0.4, -0.2) is 35.2 Å². The fourth-order valence-corrected chi connectivity index (χ4v) is 3.76. The number of nitrogens with one attached hydrogen (secondary N) is 1. The van der Waals surface area contributed by atoms with Gasteiger partial charge >= 0.3 is 6.03 Å². The van der Waals surface area contributed by atoms with Gasteiger partial charge in [-0.3, -0.25) is 0 Å². The second kappa shape index (κ2) is 7.47. The van der Waals surface area contributed by atoms with E-state index in [1.807, 2.05) is 36.4 Å². The molecule has 0 unspecified atom stereocenters. The van der Waals surface area contributed by atoms with Crippen molar-refractivity contribution < 1.29 is 9.90 Å². The summed E-state index contributed by atoms with van der Waals surface area (Å²) < 4.78 is 0. The zero-order valence-electron chi connectivity index (χ0n) is 13.2. The molecule has 2 heterocycles. The highest BCUT2D eigenvalue weighted by atomic mass is 32.1. The molecule has 6 heteroatoms. The maximum Gasteiger partial charge on any atom is 0.317 e. The van der Waals surface area contributed by atoms with Crippen molar-refractivity contribution in [2.75, 3.05) is 13.2 Å². The predicted molar refractivity (Wildman–Crippen MR) is 93.5 cm³/mol. The molecule has 2 N–H and O–H groups in total. The van der Waals surface area contributed by atoms with Crippen molar-refractivity contribution in [3.63, 3.8) is 0 Å². The number of carbonyl (C=O) groups is 1. The van der Waals surface area contributed by atoms with E-state index in [1.165, 1.54) is 11.3 Å². The highest BCUT2D eigenvalue weighted by Crippen LogP contribution is 2.28. The third-order valence-corrected chi connectivity index (χ3v) is 5.26. The van der Waals surface area contributed by atoms with Crippen molar-refractivity contribution in [1.29, 1.82) is 5.26 Å². The molecule has 0 spiro atoms. The fourth-order valence-electron chi connectivity index (χ4n) is 2.96. The number of nitriles is 1. The Labute approximate surface area is 145 Å². The van der Waals surface area contributed by atoms with Crippen LogP contribution in [0.2, 0.25) is 0 Å². The second-order valence-electron chi connectivity index (χ2n) is 5.81. The SMILES string of the molecule is N#Cc1ccc(-c2cccc(CNC(=O)N3CCC[C@@H]3CO)c2)s1. The van der Waals surface area contributed by atoms with Crippen molar-refractivity contribution in [3.8, 4) is 16.5 Å². The molecule has 0 saturated carbocycles. The van der Waals surface area contributed by atoms with Gasteiger partial charge in [-0.15, -0.1) is 11.3 Å². The van der Waals surface area contributed by atoms with Crippen LogP contribution >= 0.6 is 11.3 Å². The molecule has 24 heavy (non-hydrogen) atoms. The fraction of sp³-hybridized carbons (Fsp3) is 0.333. The van der Waals surface area contributed by atoms with E-state index in [0.717, 1.165) is 28.8 Å². The number of nitrogens with zero attached hydrogens (tertiary/aromatic N) is 2. The number of rotatable bonds is 4. The topological polar surface area (TPSA) is 76.4 Å². The Kier molecular flexibility index (Phi) is 5.14. The summed E-state index contributed by atoms with van der Waals surface area (Å²) in [6.07, 6.45) is 1.80. The van der Waals surface area contributed by atoms with E-state index in [4.69, 9.17) is 5.26 Å². The number of aliphatic hydroxyl groups is 1. The lowest BCUT2D eigenvalue weighted by molar-refractivity contribution is 0.157. The van der Waals surface area contributed by atoms with Gasteiger partial charge < -0.3 is 15.3 Å². The molecule has 1 aromatic carbocycles. The molecular formula is C18H19N3O2S. The number of urea groups is 1. The number of hydrogen-bond acceptors (Lipinski definition) is 4. The van der Waals surface area contributed by atoms with Crippen molar-refractivity contribution >= 4 is 17.4 Å². The van der Waals surface area contributed by atoms with Gasteiger partial charge in [0.25, 0.3) is 0 Å². The average Bonchev–Trinajstić information content (AvgIpc) is 3.28. The summed E-state index contributed by atoms with van der Waals surface area (Å²) in [5.74, 6) is 0. The number of amides is 2. The van der Waals surface area contributed by atoms with Crippen LogP contribution in [-0.2, 0) is 6.54 Å². The van der Waals surface area contributed by atoms with Gasteiger partial charge in [-0.1, -0.05) is 18.2 Å². The van der Waals surface area contributed by atoms with Gasteiger partial charge in [0.1, 0.15) is 10.9 Å². The van der Waals surface area contributed by atoms with Crippen molar-refractivity contribution in [3.05, 3.63) is 46.8 Å². The number of thiophene rings is 1. The molecule has 0 bridgehead atoms. The van der Waals surface area contributed by atoms with E-state index < -0.39 is 0 Å². The van der Waals surface area contributed by atoms with Gasteiger partial charge in [0.05, 0.1) is 12.6 Å². The lowest BCUT2D eigenvalue weighted by Gasteiger charge is -2.23. The third-order valence-electron chi connectivity index (χ3n) is 4.22. The molecule has 1 aliphatic heterocycles. The molecular weight excluding hydrogens is 322 g/mol. The minimum absolute atomic E-state index is 0.0164. The maximum absolute atomic E-state index is 12.3. The largest absolute Gasteiger partial charge is 0.394 e. The summed E-state index contributed by atoms with van der Waals surface area (Å²) in [6, 6.07) is 13.7. The lowest BCUT2D eigenvalue weighted by atomic mass is 10.1. The van der Waals surface area contributed by atoms with Crippen molar-refractivity contribution in [2.45, 2.75) is 25.4 Å². The molecule has 124 valence electrons. The van der Waals surface area contributed by atoms with Crippen LogP contribution in [0.15, 0.2) is 36.4 Å². The van der Waals surface area contributed by atoms with E-state index in [1.54, 1.807) is 4.90 Å². The highest BCUT2D eigenvalue weighted by Gasteiger charge is 2.27. The smallest absolute Gasteiger partial charge is 0.317 e. The standard InChI is InChI=1S/C18H19N3O2S/c19-10-16-6-7-17(24-16)14-4-1-3-13(9-14)11-20-18(23)21-8-2-5-15(21)12-22/h1,3-4,6-7,9,15,22H,2,5,8,11-12H2,(H,20,23)/t15-/m1/s1. The first-order valence-corrected chi connectivity index (χ1v) is 8.77. The zero-order chi connectivity index (χ0) is 16.9. The van der Waals surface area contributed by atoms with Gasteiger partial charge in [-0.05, 0) is 42.2 Å². The number of likely N-dealkylation sites (tertiary alicyclic amines) is 1. The number of carbonyl (C=O) groups excluding carboxylic acids is 1. The Balaban J connectivity index is 1.65. The zero-order valence-corrected chi connectivity index (χ0v) is 14.1. The second-order valence-corrected chi connectivity index (χ2v) is 6.89. The third kappa shape index (κ3) is 3.58. The van der Waals surface area contributed by atoms with Gasteiger partial charge in [-0.2, -0.15) is 5.26 Å². The Hall–Kier alpha value is -2.36. The summed E-state index contributed by atoms with van der Waals surface area (Å²) in [7, 11) is 0. The predicted octanol–water partition coefficient (Wildman–Crippen LogP) is 2.95. The summed E-state index contributed by atoms with van der Waals surface area (Å²) in [5, 5.41) is 21.2. The van der Waals surface area contributed by atoms with Crippen molar-refractivity contribution in [1.82, 2.24) is 10.2 Å². The molecule has 1 atom stereocenters. The van der Waals surface area contributed by atoms with Crippen LogP contribution in [0, 0.1) is 11.3 Å². The quantitative estimate of drug-likeness (QED) is 0.897. The van der Waals surface area contributed by atoms with Crippen LogP contribution < -0.4 is 5.32 Å². The molecule has 2 aromatic rings. The van der Waals surface area contributed by atoms with Gasteiger partial charge in [0, 0.05) is 18.0 Å². The van der Waals surface area contributed by atoms with E-state index in [2.05, 4.69) is 11.4 Å². The normalized spacial score (nSPS) is 16.8. The first-order valence-electron chi connectivity index (χ1n) is 7.96. The summed E-state index contributed by atoms with van der Waals surface area (Å²) in [6.45, 7) is 1.16.